The molecule has 0 atom stereocenters. The smallest absolute Gasteiger partial charge is 0.399 e. The van der Waals surface area contributed by atoms with E-state index in [1.165, 1.54) is 0 Å². The fourth-order valence-electron chi connectivity index (χ4n) is 3.47. The second kappa shape index (κ2) is 9.38. The Kier molecular flexibility index (Phi) is 7.47. The first-order valence-electron chi connectivity index (χ1n) is 9.18. The number of hydrogen-bond acceptors (Lipinski definition) is 1. The Bertz CT molecular complexity index is 578. The molecule has 26 heavy (non-hydrogen) atoms. The minimum absolute atomic E-state index is 0.361. The third-order valence-corrected chi connectivity index (χ3v) is 4.87. The van der Waals surface area contributed by atoms with Crippen LogP contribution in [0.4, 0.5) is 22.0 Å². The Morgan fingerprint density at radius 1 is 1.08 bits per heavy atom. The summed E-state index contributed by atoms with van der Waals surface area (Å²) in [5, 5.41) is 0. The van der Waals surface area contributed by atoms with Gasteiger partial charge in [0.2, 0.25) is 5.75 Å². The molecule has 1 nitrogen and oxygen atoms in total. The third-order valence-electron chi connectivity index (χ3n) is 4.87. The van der Waals surface area contributed by atoms with Crippen LogP contribution >= 0.6 is 0 Å². The molecule has 1 aromatic carbocycles. The lowest BCUT2D eigenvalue weighted by Gasteiger charge is -2.26. The zero-order valence-electron chi connectivity index (χ0n) is 14.9. The Balaban J connectivity index is 1.85. The van der Waals surface area contributed by atoms with Gasteiger partial charge in [-0.05, 0) is 74.5 Å². The molecule has 0 unspecified atom stereocenters. The van der Waals surface area contributed by atoms with Crippen molar-refractivity contribution in [1.82, 2.24) is 0 Å². The maximum Gasteiger partial charge on any atom is 0.573 e. The van der Waals surface area contributed by atoms with Crippen LogP contribution in [-0.4, -0.2) is 6.36 Å². The number of unbranched alkanes of at least 4 members (excludes halogenated alkanes) is 1. The number of halogens is 5. The topological polar surface area (TPSA) is 9.23 Å². The van der Waals surface area contributed by atoms with E-state index in [0.29, 0.717) is 23.8 Å². The molecule has 1 aliphatic rings. The van der Waals surface area contributed by atoms with Crippen molar-refractivity contribution in [2.45, 2.75) is 64.7 Å². The average Bonchev–Trinajstić information content (AvgIpc) is 2.57. The monoisotopic (exact) mass is 376 g/mol. The molecule has 0 amide bonds. The summed E-state index contributed by atoms with van der Waals surface area (Å²) < 4.78 is 67.4. The lowest BCUT2D eigenvalue weighted by Crippen LogP contribution is -2.19. The number of alkyl halides is 3. The van der Waals surface area contributed by atoms with Gasteiger partial charge in [0.1, 0.15) is 0 Å². The zero-order chi connectivity index (χ0) is 19.2. The SMILES string of the molecule is CCC/C=C/[C@H]1CC[C@H](CCc2cc(F)c(OC(F)(F)F)c(F)c2)CC1. The first-order valence-corrected chi connectivity index (χ1v) is 9.18. The Morgan fingerprint density at radius 2 is 1.69 bits per heavy atom. The van der Waals surface area contributed by atoms with Crippen molar-refractivity contribution < 1.29 is 26.7 Å². The second-order valence-corrected chi connectivity index (χ2v) is 6.97. The Labute approximate surface area is 151 Å². The van der Waals surface area contributed by atoms with Crippen molar-refractivity contribution in [2.75, 3.05) is 0 Å². The number of benzene rings is 1. The van der Waals surface area contributed by atoms with Crippen LogP contribution in [0.3, 0.4) is 0 Å². The number of aryl methyl sites for hydroxylation is 1. The number of ether oxygens (including phenoxy) is 1. The summed E-state index contributed by atoms with van der Waals surface area (Å²) in [6, 6.07) is 1.87. The van der Waals surface area contributed by atoms with Crippen LogP contribution in [0.5, 0.6) is 5.75 Å². The van der Waals surface area contributed by atoms with Crippen molar-refractivity contribution in [1.29, 1.82) is 0 Å². The van der Waals surface area contributed by atoms with Gasteiger partial charge in [-0.15, -0.1) is 13.2 Å². The van der Waals surface area contributed by atoms with Gasteiger partial charge in [-0.3, -0.25) is 0 Å². The van der Waals surface area contributed by atoms with Crippen molar-refractivity contribution in [3.63, 3.8) is 0 Å². The van der Waals surface area contributed by atoms with Crippen LogP contribution < -0.4 is 4.74 Å². The van der Waals surface area contributed by atoms with Gasteiger partial charge in [0, 0.05) is 0 Å². The molecule has 1 saturated carbocycles. The van der Waals surface area contributed by atoms with Gasteiger partial charge < -0.3 is 4.74 Å². The number of hydrogen-bond donors (Lipinski definition) is 0. The molecule has 0 saturated heterocycles. The minimum Gasteiger partial charge on any atom is -0.399 e. The van der Waals surface area contributed by atoms with Gasteiger partial charge in [0.05, 0.1) is 0 Å². The van der Waals surface area contributed by atoms with E-state index in [4.69, 9.17) is 0 Å². The molecule has 1 aromatic rings. The molecule has 6 heteroatoms. The summed E-state index contributed by atoms with van der Waals surface area (Å²) in [5.74, 6) is -2.92. The van der Waals surface area contributed by atoms with E-state index in [-0.39, 0.29) is 0 Å². The lowest BCUT2D eigenvalue weighted by atomic mass is 9.79. The van der Waals surface area contributed by atoms with E-state index < -0.39 is 23.7 Å². The Hall–Kier alpha value is -1.59. The Morgan fingerprint density at radius 3 is 2.23 bits per heavy atom. The summed E-state index contributed by atoms with van der Waals surface area (Å²) in [5.41, 5.74) is 0.361. The predicted octanol–water partition coefficient (Wildman–Crippen LogP) is 6.96. The molecule has 0 N–H and O–H groups in total. The normalized spacial score (nSPS) is 21.3. The summed E-state index contributed by atoms with van der Waals surface area (Å²) >= 11 is 0. The van der Waals surface area contributed by atoms with Crippen LogP contribution in [0, 0.1) is 23.5 Å². The lowest BCUT2D eigenvalue weighted by molar-refractivity contribution is -0.276. The van der Waals surface area contributed by atoms with E-state index in [9.17, 15) is 22.0 Å². The van der Waals surface area contributed by atoms with Gasteiger partial charge >= 0.3 is 6.36 Å². The molecular weight excluding hydrogens is 351 g/mol. The molecule has 0 heterocycles. The summed E-state index contributed by atoms with van der Waals surface area (Å²) in [7, 11) is 0. The summed E-state index contributed by atoms with van der Waals surface area (Å²) in [6.07, 6.45) is 7.26. The van der Waals surface area contributed by atoms with Crippen molar-refractivity contribution in [2.24, 2.45) is 11.8 Å². The van der Waals surface area contributed by atoms with Gasteiger partial charge in [-0.25, -0.2) is 8.78 Å². The van der Waals surface area contributed by atoms with Crippen molar-refractivity contribution in [3.05, 3.63) is 41.5 Å². The largest absolute Gasteiger partial charge is 0.573 e. The maximum absolute atomic E-state index is 13.7. The van der Waals surface area contributed by atoms with Gasteiger partial charge in [0.15, 0.2) is 11.6 Å². The van der Waals surface area contributed by atoms with Crippen molar-refractivity contribution >= 4 is 0 Å². The number of allylic oxidation sites excluding steroid dienone is 2. The molecule has 1 fully saturated rings. The molecule has 2 rings (SSSR count). The standard InChI is InChI=1S/C20H25F5O/c1-2-3-4-5-14-6-8-15(9-7-14)10-11-16-12-17(21)19(18(22)13-16)26-20(23,24)25/h4-5,12-15H,2-3,6-11H2,1H3/b5-4+/t14-,15-. The first-order chi connectivity index (χ1) is 12.3. The fraction of sp³-hybridized carbons (Fsp3) is 0.600. The highest BCUT2D eigenvalue weighted by Gasteiger charge is 2.34. The molecule has 0 aromatic heterocycles. The highest BCUT2D eigenvalue weighted by atomic mass is 19.4. The van der Waals surface area contributed by atoms with Crippen LogP contribution in [0.15, 0.2) is 24.3 Å². The summed E-state index contributed by atoms with van der Waals surface area (Å²) in [4.78, 5) is 0. The predicted molar refractivity (Wildman–Crippen MR) is 90.9 cm³/mol. The molecule has 0 spiro atoms. The second-order valence-electron chi connectivity index (χ2n) is 6.97. The minimum atomic E-state index is -5.12. The molecule has 0 bridgehead atoms. The van der Waals surface area contributed by atoms with Crippen LogP contribution in [0.25, 0.3) is 0 Å². The molecule has 1 aliphatic carbocycles. The van der Waals surface area contributed by atoms with Crippen molar-refractivity contribution in [3.8, 4) is 5.75 Å². The van der Waals surface area contributed by atoms with Gasteiger partial charge in [-0.1, -0.05) is 25.5 Å². The molecule has 0 aliphatic heterocycles. The van der Waals surface area contributed by atoms with E-state index in [1.807, 2.05) is 0 Å². The molecule has 0 radical (unpaired) electrons. The van der Waals surface area contributed by atoms with Crippen LogP contribution in [0.1, 0.15) is 57.4 Å². The highest BCUT2D eigenvalue weighted by molar-refractivity contribution is 5.31. The van der Waals surface area contributed by atoms with Crippen LogP contribution in [0.2, 0.25) is 0 Å². The van der Waals surface area contributed by atoms with E-state index in [1.54, 1.807) is 0 Å². The maximum atomic E-state index is 13.7. The van der Waals surface area contributed by atoms with Crippen LogP contribution in [-0.2, 0) is 6.42 Å². The van der Waals surface area contributed by atoms with E-state index >= 15 is 0 Å². The van der Waals surface area contributed by atoms with E-state index in [2.05, 4.69) is 23.8 Å². The quantitative estimate of drug-likeness (QED) is 0.369. The molecule has 146 valence electrons. The van der Waals surface area contributed by atoms with Gasteiger partial charge in [0.25, 0.3) is 0 Å². The van der Waals surface area contributed by atoms with E-state index in [0.717, 1.165) is 57.1 Å². The first kappa shape index (κ1) is 20.7. The molecular formula is C20H25F5O. The van der Waals surface area contributed by atoms with Gasteiger partial charge in [-0.2, -0.15) is 0 Å². The zero-order valence-corrected chi connectivity index (χ0v) is 14.9. The summed E-state index contributed by atoms with van der Waals surface area (Å²) in [6.45, 7) is 2.15. The third kappa shape index (κ3) is 6.61. The highest BCUT2D eigenvalue weighted by Crippen LogP contribution is 2.34. The fourth-order valence-corrected chi connectivity index (χ4v) is 3.47. The number of rotatable bonds is 7. The average molecular weight is 376 g/mol.